The smallest absolute Gasteiger partial charge is 0.264 e. The lowest BCUT2D eigenvalue weighted by Gasteiger charge is -2.36. The second-order valence-electron chi connectivity index (χ2n) is 8.39. The molecule has 1 amide bonds. The number of anilines is 2. The van der Waals surface area contributed by atoms with Crippen LogP contribution in [0, 0.1) is 5.82 Å². The Balaban J connectivity index is 1.48. The van der Waals surface area contributed by atoms with E-state index in [9.17, 15) is 17.6 Å². The predicted molar refractivity (Wildman–Crippen MR) is 126 cm³/mol. The van der Waals surface area contributed by atoms with E-state index in [1.165, 1.54) is 12.1 Å². The number of rotatable bonds is 7. The van der Waals surface area contributed by atoms with Crippen molar-refractivity contribution in [1.82, 2.24) is 4.98 Å². The molecule has 1 saturated carbocycles. The van der Waals surface area contributed by atoms with Gasteiger partial charge in [0, 0.05) is 29.4 Å². The van der Waals surface area contributed by atoms with Crippen molar-refractivity contribution < 1.29 is 22.3 Å². The fourth-order valence-corrected chi connectivity index (χ4v) is 5.65. The van der Waals surface area contributed by atoms with Crippen molar-refractivity contribution in [3.05, 3.63) is 76.8 Å². The highest BCUT2D eigenvalue weighted by Gasteiger charge is 2.52. The lowest BCUT2D eigenvalue weighted by molar-refractivity contribution is -0.123. The van der Waals surface area contributed by atoms with Gasteiger partial charge in [-0.2, -0.15) is 0 Å². The van der Waals surface area contributed by atoms with Gasteiger partial charge in [-0.25, -0.2) is 12.8 Å². The molecule has 1 spiro atoms. The van der Waals surface area contributed by atoms with Gasteiger partial charge in [0.25, 0.3) is 10.0 Å². The monoisotopic (exact) mass is 501 g/mol. The van der Waals surface area contributed by atoms with Gasteiger partial charge in [0.15, 0.2) is 0 Å². The zero-order valence-electron chi connectivity index (χ0n) is 18.0. The number of benzene rings is 2. The van der Waals surface area contributed by atoms with Crippen LogP contribution in [0.2, 0.25) is 5.02 Å². The number of hydrogen-bond donors (Lipinski definition) is 2. The van der Waals surface area contributed by atoms with E-state index >= 15 is 0 Å². The van der Waals surface area contributed by atoms with Crippen LogP contribution < -0.4 is 14.8 Å². The molecule has 0 bridgehead atoms. The maximum absolute atomic E-state index is 14.3. The maximum atomic E-state index is 14.3. The van der Waals surface area contributed by atoms with Crippen molar-refractivity contribution in [3.8, 4) is 5.75 Å². The van der Waals surface area contributed by atoms with Gasteiger partial charge in [0.1, 0.15) is 16.5 Å². The Morgan fingerprint density at radius 1 is 1.18 bits per heavy atom. The van der Waals surface area contributed by atoms with Crippen LogP contribution in [0.1, 0.15) is 30.5 Å². The van der Waals surface area contributed by atoms with Gasteiger partial charge in [-0.05, 0) is 54.8 Å². The molecule has 1 fully saturated rings. The van der Waals surface area contributed by atoms with E-state index in [0.29, 0.717) is 36.3 Å². The molecule has 2 aliphatic rings. The van der Waals surface area contributed by atoms with Crippen molar-refractivity contribution in [2.75, 3.05) is 16.6 Å². The standard InChI is InChI=1S/C24H21ClFN3O4S/c25-15-5-6-21(19(26)12-15)34(31,32)29-17-13-18-22(28-23(30)24(18)8-3-9-24)20(14-17)33-11-7-16-4-1-2-10-27-16/h1-2,4-6,10,12-14,29H,3,7-9,11H2,(H,28,30). The van der Waals surface area contributed by atoms with Crippen molar-refractivity contribution in [2.45, 2.75) is 36.0 Å². The SMILES string of the molecule is O=C1Nc2c(OCCc3ccccn3)cc(NS(=O)(=O)c3ccc(Cl)cc3F)cc2C12CCC2. The fourth-order valence-electron chi connectivity index (χ4n) is 4.39. The Morgan fingerprint density at radius 2 is 2.00 bits per heavy atom. The second kappa shape index (κ2) is 8.56. The molecule has 34 heavy (non-hydrogen) atoms. The number of pyridine rings is 1. The summed E-state index contributed by atoms with van der Waals surface area (Å²) >= 11 is 5.76. The summed E-state index contributed by atoms with van der Waals surface area (Å²) < 4.78 is 48.6. The van der Waals surface area contributed by atoms with Gasteiger partial charge in [-0.15, -0.1) is 0 Å². The molecule has 2 heterocycles. The van der Waals surface area contributed by atoms with Crippen LogP contribution in [0.5, 0.6) is 5.75 Å². The molecule has 3 aromatic rings. The molecule has 7 nitrogen and oxygen atoms in total. The number of nitrogens with one attached hydrogen (secondary N) is 2. The number of nitrogens with zero attached hydrogens (tertiary/aromatic N) is 1. The Hall–Kier alpha value is -3.17. The summed E-state index contributed by atoms with van der Waals surface area (Å²) in [6, 6.07) is 12.1. The van der Waals surface area contributed by atoms with Crippen LogP contribution in [0.3, 0.4) is 0 Å². The molecule has 1 aliphatic carbocycles. The third kappa shape index (κ3) is 3.99. The molecule has 2 N–H and O–H groups in total. The molecule has 10 heteroatoms. The van der Waals surface area contributed by atoms with Gasteiger partial charge < -0.3 is 10.1 Å². The van der Waals surface area contributed by atoms with Crippen molar-refractivity contribution in [1.29, 1.82) is 0 Å². The molecule has 176 valence electrons. The highest BCUT2D eigenvalue weighted by atomic mass is 35.5. The Bertz CT molecular complexity index is 1380. The molecule has 1 aromatic heterocycles. The molecular weight excluding hydrogens is 481 g/mol. The van der Waals surface area contributed by atoms with Crippen LogP contribution in [0.4, 0.5) is 15.8 Å². The molecule has 2 aromatic carbocycles. The summed E-state index contributed by atoms with van der Waals surface area (Å²) in [4.78, 5) is 16.5. The fraction of sp³-hybridized carbons (Fsp3) is 0.250. The van der Waals surface area contributed by atoms with Gasteiger partial charge in [0.2, 0.25) is 5.91 Å². The second-order valence-corrected chi connectivity index (χ2v) is 10.5. The quantitative estimate of drug-likeness (QED) is 0.490. The van der Waals surface area contributed by atoms with Crippen LogP contribution in [-0.4, -0.2) is 25.9 Å². The van der Waals surface area contributed by atoms with E-state index < -0.39 is 26.2 Å². The van der Waals surface area contributed by atoms with Gasteiger partial charge >= 0.3 is 0 Å². The van der Waals surface area contributed by atoms with Crippen LogP contribution in [0.25, 0.3) is 0 Å². The van der Waals surface area contributed by atoms with E-state index in [2.05, 4.69) is 15.0 Å². The summed E-state index contributed by atoms with van der Waals surface area (Å²) in [5, 5.41) is 3.00. The van der Waals surface area contributed by atoms with Gasteiger partial charge in [-0.3, -0.25) is 14.5 Å². The number of fused-ring (bicyclic) bond motifs is 2. The molecule has 0 radical (unpaired) electrons. The number of halogens is 2. The lowest BCUT2D eigenvalue weighted by Crippen LogP contribution is -2.40. The molecular formula is C24H21ClFN3O4S. The number of carbonyl (C=O) groups excluding carboxylic acids is 1. The van der Waals surface area contributed by atoms with Crippen molar-refractivity contribution >= 4 is 38.9 Å². The number of amides is 1. The first-order valence-electron chi connectivity index (χ1n) is 10.8. The van der Waals surface area contributed by atoms with E-state index in [4.69, 9.17) is 16.3 Å². The van der Waals surface area contributed by atoms with E-state index in [1.54, 1.807) is 12.3 Å². The number of hydrogen-bond acceptors (Lipinski definition) is 5. The topological polar surface area (TPSA) is 97.4 Å². The van der Waals surface area contributed by atoms with E-state index in [0.717, 1.165) is 24.2 Å². The molecule has 0 atom stereocenters. The molecule has 5 rings (SSSR count). The third-order valence-corrected chi connectivity index (χ3v) is 7.93. The number of sulfonamides is 1. The third-order valence-electron chi connectivity index (χ3n) is 6.28. The van der Waals surface area contributed by atoms with E-state index in [1.807, 2.05) is 18.2 Å². The maximum Gasteiger partial charge on any atom is 0.264 e. The zero-order valence-corrected chi connectivity index (χ0v) is 19.5. The first-order valence-corrected chi connectivity index (χ1v) is 12.7. The summed E-state index contributed by atoms with van der Waals surface area (Å²) in [5.41, 5.74) is 1.57. The van der Waals surface area contributed by atoms with Crippen LogP contribution >= 0.6 is 11.6 Å². The van der Waals surface area contributed by atoms with Crippen LogP contribution in [-0.2, 0) is 26.7 Å². The largest absolute Gasteiger partial charge is 0.491 e. The Morgan fingerprint density at radius 3 is 2.68 bits per heavy atom. The summed E-state index contributed by atoms with van der Waals surface area (Å²) in [6.45, 7) is 0.272. The van der Waals surface area contributed by atoms with Gasteiger partial charge in [-0.1, -0.05) is 24.1 Å². The van der Waals surface area contributed by atoms with Crippen molar-refractivity contribution in [2.24, 2.45) is 0 Å². The first-order chi connectivity index (χ1) is 16.3. The zero-order chi connectivity index (χ0) is 23.9. The minimum Gasteiger partial charge on any atom is -0.491 e. The Kier molecular flexibility index (Phi) is 5.69. The minimum atomic E-state index is -4.25. The Labute approximate surface area is 201 Å². The predicted octanol–water partition coefficient (Wildman–Crippen LogP) is 4.67. The van der Waals surface area contributed by atoms with Crippen molar-refractivity contribution in [3.63, 3.8) is 0 Å². The lowest BCUT2D eigenvalue weighted by atomic mass is 9.65. The average molecular weight is 502 g/mol. The normalized spacial score (nSPS) is 16.0. The highest BCUT2D eigenvalue weighted by molar-refractivity contribution is 7.92. The van der Waals surface area contributed by atoms with Gasteiger partial charge in [0.05, 0.1) is 23.4 Å². The molecule has 0 unspecified atom stereocenters. The van der Waals surface area contributed by atoms with E-state index in [-0.39, 0.29) is 23.2 Å². The molecule has 1 aliphatic heterocycles. The highest BCUT2D eigenvalue weighted by Crippen LogP contribution is 2.54. The average Bonchev–Trinajstić information content (AvgIpc) is 3.06. The summed E-state index contributed by atoms with van der Waals surface area (Å²) in [6.07, 6.45) is 4.46. The summed E-state index contributed by atoms with van der Waals surface area (Å²) in [7, 11) is -4.25. The number of aromatic nitrogens is 1. The number of ether oxygens (including phenoxy) is 1. The number of carbonyl (C=O) groups is 1. The minimum absolute atomic E-state index is 0.0917. The molecule has 0 saturated heterocycles. The summed E-state index contributed by atoms with van der Waals surface area (Å²) in [5.74, 6) is -0.729. The van der Waals surface area contributed by atoms with Crippen LogP contribution in [0.15, 0.2) is 59.6 Å². The first kappa shape index (κ1) is 22.6.